The van der Waals surface area contributed by atoms with Gasteiger partial charge in [-0.25, -0.2) is 0 Å². The summed E-state index contributed by atoms with van der Waals surface area (Å²) >= 11 is 3.21. The molecule has 0 radical (unpaired) electrons. The van der Waals surface area contributed by atoms with E-state index in [0.29, 0.717) is 0 Å². The number of aromatic nitrogens is 2. The summed E-state index contributed by atoms with van der Waals surface area (Å²) in [6.45, 7) is 6.65. The highest BCUT2D eigenvalue weighted by Crippen LogP contribution is 2.26. The number of nitrogens with two attached hydrogens (primary N) is 1. The van der Waals surface area contributed by atoms with Crippen molar-refractivity contribution in [1.29, 1.82) is 0 Å². The zero-order valence-corrected chi connectivity index (χ0v) is 13.1. The third kappa shape index (κ3) is 4.03. The first kappa shape index (κ1) is 14.5. The van der Waals surface area contributed by atoms with E-state index < -0.39 is 0 Å². The first-order chi connectivity index (χ1) is 8.97. The molecule has 0 aliphatic carbocycles. The maximum absolute atomic E-state index is 6.21. The number of nitrogens with zero attached hydrogens (tertiary/aromatic N) is 2. The average molecular weight is 293 g/mol. The van der Waals surface area contributed by atoms with Gasteiger partial charge in [0.2, 0.25) is 0 Å². The van der Waals surface area contributed by atoms with Crippen LogP contribution < -0.4 is 5.73 Å². The monoisotopic (exact) mass is 293 g/mol. The molecule has 0 aliphatic rings. The third-order valence-corrected chi connectivity index (χ3v) is 4.91. The van der Waals surface area contributed by atoms with Crippen molar-refractivity contribution in [1.82, 2.24) is 10.2 Å². The first-order valence-electron chi connectivity index (χ1n) is 6.22. The minimum absolute atomic E-state index is 0.0305. The zero-order chi connectivity index (χ0) is 13.9. The van der Waals surface area contributed by atoms with E-state index in [1.165, 1.54) is 11.1 Å². The van der Waals surface area contributed by atoms with Crippen molar-refractivity contribution >= 4 is 23.1 Å². The van der Waals surface area contributed by atoms with Crippen molar-refractivity contribution in [2.45, 2.75) is 36.6 Å². The van der Waals surface area contributed by atoms with Crippen LogP contribution in [0.5, 0.6) is 0 Å². The van der Waals surface area contributed by atoms with Crippen LogP contribution in [-0.4, -0.2) is 16.0 Å². The summed E-state index contributed by atoms with van der Waals surface area (Å²) in [6, 6.07) is 8.64. The smallest absolute Gasteiger partial charge is 0.174 e. The summed E-state index contributed by atoms with van der Waals surface area (Å²) in [5.74, 6) is 0.823. The molecule has 1 aromatic heterocycles. The zero-order valence-electron chi connectivity index (χ0n) is 11.5. The van der Waals surface area contributed by atoms with Crippen LogP contribution in [0.15, 0.2) is 34.1 Å². The highest BCUT2D eigenvalue weighted by molar-refractivity contribution is 8.01. The summed E-state index contributed by atoms with van der Waals surface area (Å²) in [4.78, 5) is 0. The number of hydrogen-bond acceptors (Lipinski definition) is 5. The van der Waals surface area contributed by atoms with Crippen molar-refractivity contribution in [3.63, 3.8) is 0 Å². The minimum atomic E-state index is 0.0305. The SMILES string of the molecule is CC(C)(C)c1ccc(C(N)CSc2nncs2)cc1. The average Bonchev–Trinajstić information content (AvgIpc) is 2.88. The van der Waals surface area contributed by atoms with Crippen LogP contribution in [0.3, 0.4) is 0 Å². The van der Waals surface area contributed by atoms with Crippen LogP contribution in [0.4, 0.5) is 0 Å². The Morgan fingerprint density at radius 2 is 1.95 bits per heavy atom. The Kier molecular flexibility index (Phi) is 4.60. The standard InChI is InChI=1S/C14H19N3S2/c1-14(2,3)11-6-4-10(5-7-11)12(15)8-18-13-17-16-9-19-13/h4-7,9,12H,8,15H2,1-3H3. The number of benzene rings is 1. The summed E-state index contributed by atoms with van der Waals surface area (Å²) in [7, 11) is 0. The fraction of sp³-hybridized carbons (Fsp3) is 0.429. The highest BCUT2D eigenvalue weighted by atomic mass is 32.2. The molecule has 1 aromatic carbocycles. The van der Waals surface area contributed by atoms with Crippen LogP contribution >= 0.6 is 23.1 Å². The molecule has 0 bridgehead atoms. The molecule has 2 aromatic rings. The van der Waals surface area contributed by atoms with Gasteiger partial charge in [0.05, 0.1) is 0 Å². The lowest BCUT2D eigenvalue weighted by Crippen LogP contribution is -2.15. The molecule has 2 N–H and O–H groups in total. The lowest BCUT2D eigenvalue weighted by atomic mass is 9.86. The van der Waals surface area contributed by atoms with Gasteiger partial charge in [-0.05, 0) is 16.5 Å². The van der Waals surface area contributed by atoms with Gasteiger partial charge in [0, 0.05) is 11.8 Å². The second kappa shape index (κ2) is 6.03. The Balaban J connectivity index is 1.97. The molecule has 1 unspecified atom stereocenters. The molecule has 0 spiro atoms. The van der Waals surface area contributed by atoms with Crippen LogP contribution in [-0.2, 0) is 5.41 Å². The molecular formula is C14H19N3S2. The largest absolute Gasteiger partial charge is 0.323 e. The minimum Gasteiger partial charge on any atom is -0.323 e. The van der Waals surface area contributed by atoms with Gasteiger partial charge in [-0.1, -0.05) is 68.1 Å². The van der Waals surface area contributed by atoms with E-state index in [1.807, 2.05) is 0 Å². The summed E-state index contributed by atoms with van der Waals surface area (Å²) in [5.41, 5.74) is 10.6. The number of thioether (sulfide) groups is 1. The predicted molar refractivity (Wildman–Crippen MR) is 82.7 cm³/mol. The van der Waals surface area contributed by atoms with Gasteiger partial charge in [0.25, 0.3) is 0 Å². The lowest BCUT2D eigenvalue weighted by molar-refractivity contribution is 0.589. The highest BCUT2D eigenvalue weighted by Gasteiger charge is 2.14. The van der Waals surface area contributed by atoms with Crippen LogP contribution in [0.2, 0.25) is 0 Å². The Morgan fingerprint density at radius 1 is 1.26 bits per heavy atom. The van der Waals surface area contributed by atoms with Gasteiger partial charge in [-0.2, -0.15) is 0 Å². The van der Waals surface area contributed by atoms with Gasteiger partial charge in [0.15, 0.2) is 4.34 Å². The van der Waals surface area contributed by atoms with Crippen LogP contribution in [0.25, 0.3) is 0 Å². The van der Waals surface area contributed by atoms with E-state index in [4.69, 9.17) is 5.73 Å². The molecule has 5 heteroatoms. The molecule has 1 atom stereocenters. The van der Waals surface area contributed by atoms with Gasteiger partial charge in [0.1, 0.15) is 5.51 Å². The van der Waals surface area contributed by atoms with Crippen molar-refractivity contribution < 1.29 is 0 Å². The Labute approximate surface area is 122 Å². The van der Waals surface area contributed by atoms with Crippen LogP contribution in [0, 0.1) is 0 Å². The van der Waals surface area contributed by atoms with Crippen molar-refractivity contribution in [2.24, 2.45) is 5.73 Å². The summed E-state index contributed by atoms with van der Waals surface area (Å²) in [5, 5.41) is 7.82. The second-order valence-corrected chi connectivity index (χ2v) is 7.59. The third-order valence-electron chi connectivity index (χ3n) is 2.93. The fourth-order valence-corrected chi connectivity index (χ4v) is 3.22. The van der Waals surface area contributed by atoms with E-state index in [-0.39, 0.29) is 11.5 Å². The van der Waals surface area contributed by atoms with E-state index in [9.17, 15) is 0 Å². The molecule has 0 fully saturated rings. The molecule has 0 saturated heterocycles. The maximum Gasteiger partial charge on any atom is 0.174 e. The van der Waals surface area contributed by atoms with Crippen molar-refractivity contribution in [2.75, 3.05) is 5.75 Å². The summed E-state index contributed by atoms with van der Waals surface area (Å²) < 4.78 is 0.974. The quantitative estimate of drug-likeness (QED) is 0.875. The van der Waals surface area contributed by atoms with Gasteiger partial charge in [-0.3, -0.25) is 0 Å². The molecule has 3 nitrogen and oxygen atoms in total. The Morgan fingerprint density at radius 3 is 2.47 bits per heavy atom. The van der Waals surface area contributed by atoms with Crippen molar-refractivity contribution in [3.05, 3.63) is 40.9 Å². The Hall–Kier alpha value is -0.910. The van der Waals surface area contributed by atoms with E-state index >= 15 is 0 Å². The molecule has 19 heavy (non-hydrogen) atoms. The van der Waals surface area contributed by atoms with Crippen molar-refractivity contribution in [3.8, 4) is 0 Å². The predicted octanol–water partition coefficient (Wildman–Crippen LogP) is 3.63. The normalized spacial score (nSPS) is 13.5. The molecule has 2 rings (SSSR count). The fourth-order valence-electron chi connectivity index (χ4n) is 1.71. The molecule has 102 valence electrons. The van der Waals surface area contributed by atoms with Gasteiger partial charge < -0.3 is 5.73 Å². The molecule has 1 heterocycles. The van der Waals surface area contributed by atoms with E-state index in [2.05, 4.69) is 55.2 Å². The van der Waals surface area contributed by atoms with Gasteiger partial charge >= 0.3 is 0 Å². The van der Waals surface area contributed by atoms with E-state index in [0.717, 1.165) is 10.1 Å². The Bertz CT molecular complexity index is 500. The molecule has 0 saturated carbocycles. The number of hydrogen-bond donors (Lipinski definition) is 1. The van der Waals surface area contributed by atoms with Gasteiger partial charge in [-0.15, -0.1) is 10.2 Å². The molecular weight excluding hydrogens is 274 g/mol. The molecule has 0 amide bonds. The topological polar surface area (TPSA) is 51.8 Å². The second-order valence-electron chi connectivity index (χ2n) is 5.49. The number of rotatable bonds is 4. The lowest BCUT2D eigenvalue weighted by Gasteiger charge is -2.20. The summed E-state index contributed by atoms with van der Waals surface area (Å²) in [6.07, 6.45) is 0. The molecule has 0 aliphatic heterocycles. The van der Waals surface area contributed by atoms with Crippen LogP contribution in [0.1, 0.15) is 37.9 Å². The maximum atomic E-state index is 6.21. The van der Waals surface area contributed by atoms with E-state index in [1.54, 1.807) is 28.6 Å². The first-order valence-corrected chi connectivity index (χ1v) is 8.08.